The zero-order valence-electron chi connectivity index (χ0n) is 18.5. The highest BCUT2D eigenvalue weighted by Crippen LogP contribution is 2.07. The molecule has 3 aromatic rings. The Morgan fingerprint density at radius 3 is 1.56 bits per heavy atom. The second-order valence-corrected chi connectivity index (χ2v) is 7.22. The van der Waals surface area contributed by atoms with Crippen LogP contribution in [0.3, 0.4) is 0 Å². The van der Waals surface area contributed by atoms with Gasteiger partial charge >= 0.3 is 18.0 Å². The summed E-state index contributed by atoms with van der Waals surface area (Å²) in [4.78, 5) is 37.0. The summed E-state index contributed by atoms with van der Waals surface area (Å²) in [5, 5.41) is 2.37. The number of carbonyl (C=O) groups excluding carboxylic acids is 3. The molecule has 3 rings (SSSR count). The van der Waals surface area contributed by atoms with E-state index in [1.54, 1.807) is 24.3 Å². The molecule has 0 spiro atoms. The van der Waals surface area contributed by atoms with Crippen LogP contribution < -0.4 is 5.32 Å². The van der Waals surface area contributed by atoms with Gasteiger partial charge in [0.15, 0.2) is 0 Å². The molecule has 0 bridgehead atoms. The van der Waals surface area contributed by atoms with Crippen LogP contribution in [0, 0.1) is 0 Å². The number of hydrogen-bond donors (Lipinski definition) is 1. The van der Waals surface area contributed by atoms with Crippen LogP contribution in [0.2, 0.25) is 0 Å². The van der Waals surface area contributed by atoms with E-state index in [2.05, 4.69) is 5.32 Å². The van der Waals surface area contributed by atoms with Crippen LogP contribution in [-0.2, 0) is 43.6 Å². The van der Waals surface area contributed by atoms with Crippen LogP contribution in [0.5, 0.6) is 0 Å². The standard InChI is InChI=1S/C27H25NO6/c29-25(32-18-21-10-4-1-5-11-21)17-16-24(26(30)33-19-22-12-6-2-7-13-22)28-27(31)34-20-23-14-8-3-9-15-23/h1-16H,17-20H2,(H,28,31)/b24-16-. The Hall–Kier alpha value is -4.39. The Morgan fingerprint density at radius 1 is 0.618 bits per heavy atom. The normalized spacial score (nSPS) is 10.8. The lowest BCUT2D eigenvalue weighted by Crippen LogP contribution is -2.29. The highest BCUT2D eigenvalue weighted by atomic mass is 16.6. The van der Waals surface area contributed by atoms with Gasteiger partial charge in [-0.1, -0.05) is 91.0 Å². The Bertz CT molecular complexity index is 1100. The summed E-state index contributed by atoms with van der Waals surface area (Å²) in [6.07, 6.45) is 0.177. The Labute approximate surface area is 198 Å². The van der Waals surface area contributed by atoms with Crippen LogP contribution in [0.25, 0.3) is 0 Å². The summed E-state index contributed by atoms with van der Waals surface area (Å²) in [5.41, 5.74) is 2.21. The Balaban J connectivity index is 1.58. The maximum atomic E-state index is 12.6. The first-order valence-electron chi connectivity index (χ1n) is 10.7. The molecule has 0 unspecified atom stereocenters. The average Bonchev–Trinajstić information content (AvgIpc) is 2.89. The minimum absolute atomic E-state index is 0.0101. The second kappa shape index (κ2) is 13.2. The molecule has 0 heterocycles. The molecular weight excluding hydrogens is 434 g/mol. The van der Waals surface area contributed by atoms with Crippen molar-refractivity contribution in [3.8, 4) is 0 Å². The lowest BCUT2D eigenvalue weighted by Gasteiger charge is -2.11. The fourth-order valence-electron chi connectivity index (χ4n) is 2.84. The number of ether oxygens (including phenoxy) is 3. The number of hydrogen-bond acceptors (Lipinski definition) is 6. The van der Waals surface area contributed by atoms with Crippen molar-refractivity contribution < 1.29 is 28.6 Å². The van der Waals surface area contributed by atoms with E-state index in [1.165, 1.54) is 6.08 Å². The first kappa shape index (κ1) is 24.3. The average molecular weight is 459 g/mol. The number of esters is 2. The van der Waals surface area contributed by atoms with Gasteiger partial charge in [-0.3, -0.25) is 10.1 Å². The van der Waals surface area contributed by atoms with Gasteiger partial charge in [-0.25, -0.2) is 9.59 Å². The largest absolute Gasteiger partial charge is 0.461 e. The van der Waals surface area contributed by atoms with E-state index in [0.29, 0.717) is 0 Å². The van der Waals surface area contributed by atoms with Crippen molar-refractivity contribution in [2.45, 2.75) is 26.2 Å². The molecule has 0 aliphatic rings. The Kier molecular flexibility index (Phi) is 9.43. The molecule has 0 aliphatic heterocycles. The van der Waals surface area contributed by atoms with Gasteiger partial charge in [0.1, 0.15) is 25.5 Å². The van der Waals surface area contributed by atoms with E-state index in [-0.39, 0.29) is 31.9 Å². The van der Waals surface area contributed by atoms with E-state index in [1.807, 2.05) is 66.7 Å². The molecule has 1 amide bonds. The van der Waals surface area contributed by atoms with Gasteiger partial charge in [0.25, 0.3) is 0 Å². The van der Waals surface area contributed by atoms with Gasteiger partial charge < -0.3 is 14.2 Å². The molecule has 0 saturated heterocycles. The number of alkyl carbamates (subject to hydrolysis) is 1. The fourth-order valence-corrected chi connectivity index (χ4v) is 2.84. The van der Waals surface area contributed by atoms with Gasteiger partial charge in [-0.05, 0) is 22.8 Å². The monoisotopic (exact) mass is 459 g/mol. The zero-order valence-corrected chi connectivity index (χ0v) is 18.5. The van der Waals surface area contributed by atoms with Gasteiger partial charge in [0, 0.05) is 0 Å². The van der Waals surface area contributed by atoms with Crippen molar-refractivity contribution in [3.05, 3.63) is 119 Å². The predicted octanol–water partition coefficient (Wildman–Crippen LogP) is 4.67. The molecule has 174 valence electrons. The van der Waals surface area contributed by atoms with Crippen molar-refractivity contribution in [2.75, 3.05) is 0 Å². The molecule has 0 atom stereocenters. The SMILES string of the molecule is O=C(C/C=C(\NC(=O)OCc1ccccc1)C(=O)OCc1ccccc1)OCc1ccccc1. The minimum atomic E-state index is -0.843. The maximum absolute atomic E-state index is 12.6. The van der Waals surface area contributed by atoms with E-state index in [0.717, 1.165) is 16.7 Å². The van der Waals surface area contributed by atoms with Crippen LogP contribution >= 0.6 is 0 Å². The fraction of sp³-hybridized carbons (Fsp3) is 0.148. The summed E-state index contributed by atoms with van der Waals surface area (Å²) in [7, 11) is 0. The van der Waals surface area contributed by atoms with E-state index in [9.17, 15) is 14.4 Å². The molecule has 0 saturated carbocycles. The van der Waals surface area contributed by atoms with Gasteiger partial charge in [-0.2, -0.15) is 0 Å². The molecule has 3 aromatic carbocycles. The van der Waals surface area contributed by atoms with Crippen molar-refractivity contribution >= 4 is 18.0 Å². The molecule has 34 heavy (non-hydrogen) atoms. The lowest BCUT2D eigenvalue weighted by molar-refractivity contribution is -0.143. The third-order valence-electron chi connectivity index (χ3n) is 4.60. The number of nitrogens with one attached hydrogen (secondary N) is 1. The third-order valence-corrected chi connectivity index (χ3v) is 4.60. The molecule has 0 radical (unpaired) electrons. The van der Waals surface area contributed by atoms with E-state index < -0.39 is 18.0 Å². The molecule has 0 aliphatic carbocycles. The van der Waals surface area contributed by atoms with E-state index >= 15 is 0 Å². The zero-order chi connectivity index (χ0) is 24.0. The summed E-state index contributed by atoms with van der Waals surface area (Å²) < 4.78 is 15.7. The number of amides is 1. The van der Waals surface area contributed by atoms with Crippen LogP contribution in [0.15, 0.2) is 103 Å². The molecule has 7 nitrogen and oxygen atoms in total. The highest BCUT2D eigenvalue weighted by molar-refractivity contribution is 5.92. The maximum Gasteiger partial charge on any atom is 0.412 e. The molecule has 1 N–H and O–H groups in total. The first-order valence-corrected chi connectivity index (χ1v) is 10.7. The van der Waals surface area contributed by atoms with Crippen LogP contribution in [0.1, 0.15) is 23.1 Å². The van der Waals surface area contributed by atoms with Crippen molar-refractivity contribution in [3.63, 3.8) is 0 Å². The van der Waals surface area contributed by atoms with Gasteiger partial charge in [-0.15, -0.1) is 0 Å². The minimum Gasteiger partial charge on any atom is -0.461 e. The van der Waals surface area contributed by atoms with Gasteiger partial charge in [0.05, 0.1) is 6.42 Å². The number of benzene rings is 3. The molecule has 0 fully saturated rings. The Morgan fingerprint density at radius 2 is 1.06 bits per heavy atom. The van der Waals surface area contributed by atoms with Crippen molar-refractivity contribution in [1.82, 2.24) is 5.32 Å². The van der Waals surface area contributed by atoms with Gasteiger partial charge in [0.2, 0.25) is 0 Å². The summed E-state index contributed by atoms with van der Waals surface area (Å²) in [6, 6.07) is 27.4. The van der Waals surface area contributed by atoms with E-state index in [4.69, 9.17) is 14.2 Å². The quantitative estimate of drug-likeness (QED) is 0.269. The summed E-state index contributed by atoms with van der Waals surface area (Å²) >= 11 is 0. The molecule has 7 heteroatoms. The summed E-state index contributed by atoms with van der Waals surface area (Å²) in [5.74, 6) is -1.35. The number of carbonyl (C=O) groups is 3. The smallest absolute Gasteiger partial charge is 0.412 e. The second-order valence-electron chi connectivity index (χ2n) is 7.22. The summed E-state index contributed by atoms with van der Waals surface area (Å²) in [6.45, 7) is 0.141. The van der Waals surface area contributed by atoms with Crippen LogP contribution in [0.4, 0.5) is 4.79 Å². The molecular formula is C27H25NO6. The topological polar surface area (TPSA) is 90.9 Å². The van der Waals surface area contributed by atoms with Crippen molar-refractivity contribution in [2.24, 2.45) is 0 Å². The van der Waals surface area contributed by atoms with Crippen molar-refractivity contribution in [1.29, 1.82) is 0 Å². The predicted molar refractivity (Wildman–Crippen MR) is 125 cm³/mol. The van der Waals surface area contributed by atoms with Crippen LogP contribution in [-0.4, -0.2) is 18.0 Å². The third kappa shape index (κ3) is 8.63. The highest BCUT2D eigenvalue weighted by Gasteiger charge is 2.17. The number of rotatable bonds is 10. The lowest BCUT2D eigenvalue weighted by atomic mass is 10.2. The first-order chi connectivity index (χ1) is 16.6. The molecule has 0 aromatic heterocycles.